The Balaban J connectivity index is 1.62. The molecule has 0 spiro atoms. The fraction of sp³-hybridized carbons (Fsp3) is 0.250. The van der Waals surface area contributed by atoms with Crippen LogP contribution in [0.4, 0.5) is 0 Å². The lowest BCUT2D eigenvalue weighted by Gasteiger charge is -2.01. The Labute approximate surface area is 171 Å². The Morgan fingerprint density at radius 1 is 1.31 bits per heavy atom. The second-order valence-electron chi connectivity index (χ2n) is 6.29. The monoisotopic (exact) mass is 411 g/mol. The number of hydrogen-bond donors (Lipinski definition) is 2. The first-order chi connectivity index (χ1) is 14.0. The van der Waals surface area contributed by atoms with Crippen molar-refractivity contribution in [2.45, 2.75) is 33.4 Å². The zero-order chi connectivity index (χ0) is 20.8. The molecule has 2 heterocycles. The van der Waals surface area contributed by atoms with Crippen LogP contribution >= 0.6 is 11.3 Å². The molecule has 0 atom stereocenters. The SMILES string of the molecule is C/C=C\C(=C/C)c1ccc2nc(CC(=O)NCc3cn(CC(=O)O)nn3)sc2c1. The van der Waals surface area contributed by atoms with Crippen molar-refractivity contribution < 1.29 is 14.7 Å². The van der Waals surface area contributed by atoms with Crippen molar-refractivity contribution >= 4 is 39.0 Å². The zero-order valence-electron chi connectivity index (χ0n) is 16.1. The summed E-state index contributed by atoms with van der Waals surface area (Å²) in [5.74, 6) is -1.18. The van der Waals surface area contributed by atoms with Crippen molar-refractivity contribution in [1.82, 2.24) is 25.3 Å². The summed E-state index contributed by atoms with van der Waals surface area (Å²) in [5, 5.41) is 19.8. The summed E-state index contributed by atoms with van der Waals surface area (Å²) in [6, 6.07) is 6.09. The smallest absolute Gasteiger partial charge is 0.325 e. The van der Waals surface area contributed by atoms with Crippen molar-refractivity contribution in [3.8, 4) is 0 Å². The molecule has 0 unspecified atom stereocenters. The molecule has 0 saturated heterocycles. The Bertz CT molecular complexity index is 1100. The molecule has 0 radical (unpaired) electrons. The lowest BCUT2D eigenvalue weighted by atomic mass is 10.1. The van der Waals surface area contributed by atoms with Gasteiger partial charge in [0, 0.05) is 0 Å². The number of thiazole rings is 1. The van der Waals surface area contributed by atoms with Gasteiger partial charge in [-0.25, -0.2) is 9.67 Å². The highest BCUT2D eigenvalue weighted by Gasteiger charge is 2.11. The van der Waals surface area contributed by atoms with Gasteiger partial charge >= 0.3 is 5.97 Å². The molecular formula is C20H21N5O3S. The number of rotatable bonds is 8. The maximum absolute atomic E-state index is 12.2. The molecule has 9 heteroatoms. The number of allylic oxidation sites excluding steroid dienone is 4. The van der Waals surface area contributed by atoms with E-state index in [1.54, 1.807) is 0 Å². The number of benzene rings is 1. The number of aromatic nitrogens is 4. The minimum atomic E-state index is -1.00. The molecule has 2 aromatic heterocycles. The second-order valence-corrected chi connectivity index (χ2v) is 7.40. The highest BCUT2D eigenvalue weighted by molar-refractivity contribution is 7.18. The van der Waals surface area contributed by atoms with Crippen molar-refractivity contribution in [2.75, 3.05) is 0 Å². The fourth-order valence-corrected chi connectivity index (χ4v) is 3.80. The van der Waals surface area contributed by atoms with Gasteiger partial charge in [-0.15, -0.1) is 16.4 Å². The number of amides is 1. The minimum Gasteiger partial charge on any atom is -0.480 e. The van der Waals surface area contributed by atoms with Gasteiger partial charge in [-0.2, -0.15) is 0 Å². The van der Waals surface area contributed by atoms with Gasteiger partial charge in [-0.1, -0.05) is 29.5 Å². The molecule has 0 fully saturated rings. The Morgan fingerprint density at radius 3 is 2.86 bits per heavy atom. The number of hydrogen-bond acceptors (Lipinski definition) is 6. The van der Waals surface area contributed by atoms with Crippen LogP contribution in [0.3, 0.4) is 0 Å². The van der Waals surface area contributed by atoms with Gasteiger partial charge in [0.15, 0.2) is 0 Å². The minimum absolute atomic E-state index is 0.170. The molecule has 150 valence electrons. The molecule has 0 aliphatic heterocycles. The fourth-order valence-electron chi connectivity index (χ4n) is 2.79. The number of nitrogens with zero attached hydrogens (tertiary/aromatic N) is 4. The van der Waals surface area contributed by atoms with Crippen LogP contribution in [0, 0.1) is 0 Å². The summed E-state index contributed by atoms with van der Waals surface area (Å²) in [4.78, 5) is 27.4. The molecule has 8 nitrogen and oxygen atoms in total. The lowest BCUT2D eigenvalue weighted by molar-refractivity contribution is -0.138. The number of carboxylic acid groups (broad SMARTS) is 1. The number of nitrogens with one attached hydrogen (secondary N) is 1. The highest BCUT2D eigenvalue weighted by atomic mass is 32.1. The van der Waals surface area contributed by atoms with Crippen molar-refractivity contribution in [3.63, 3.8) is 0 Å². The van der Waals surface area contributed by atoms with Crippen LogP contribution < -0.4 is 5.32 Å². The topological polar surface area (TPSA) is 110 Å². The molecule has 1 aromatic carbocycles. The first-order valence-electron chi connectivity index (χ1n) is 9.05. The molecule has 3 rings (SSSR count). The van der Waals surface area contributed by atoms with E-state index >= 15 is 0 Å². The first-order valence-corrected chi connectivity index (χ1v) is 9.86. The zero-order valence-corrected chi connectivity index (χ0v) is 16.9. The molecule has 0 bridgehead atoms. The Morgan fingerprint density at radius 2 is 2.14 bits per heavy atom. The highest BCUT2D eigenvalue weighted by Crippen LogP contribution is 2.27. The van der Waals surface area contributed by atoms with Crippen LogP contribution in [-0.2, 0) is 29.1 Å². The predicted molar refractivity (Wildman–Crippen MR) is 111 cm³/mol. The average molecular weight is 411 g/mol. The van der Waals surface area contributed by atoms with Gasteiger partial charge < -0.3 is 10.4 Å². The number of carbonyl (C=O) groups excluding carboxylic acids is 1. The molecule has 29 heavy (non-hydrogen) atoms. The average Bonchev–Trinajstić information content (AvgIpc) is 3.29. The normalized spacial score (nSPS) is 12.0. The van der Waals surface area contributed by atoms with Crippen LogP contribution in [0.25, 0.3) is 15.8 Å². The third kappa shape index (κ3) is 5.35. The van der Waals surface area contributed by atoms with Crippen LogP contribution in [-0.4, -0.2) is 37.0 Å². The van der Waals surface area contributed by atoms with Gasteiger partial charge in [0.1, 0.15) is 17.2 Å². The molecule has 1 amide bonds. The van der Waals surface area contributed by atoms with E-state index < -0.39 is 5.97 Å². The van der Waals surface area contributed by atoms with Crippen molar-refractivity contribution in [2.24, 2.45) is 0 Å². The molecule has 0 aliphatic rings. The van der Waals surface area contributed by atoms with Gasteiger partial charge in [-0.05, 0) is 37.1 Å². The Hall–Kier alpha value is -3.33. The van der Waals surface area contributed by atoms with E-state index in [0.29, 0.717) is 5.69 Å². The van der Waals surface area contributed by atoms with Crippen LogP contribution in [0.5, 0.6) is 0 Å². The van der Waals surface area contributed by atoms with Gasteiger partial charge in [0.05, 0.1) is 29.4 Å². The maximum Gasteiger partial charge on any atom is 0.325 e. The third-order valence-electron chi connectivity index (χ3n) is 4.09. The summed E-state index contributed by atoms with van der Waals surface area (Å²) < 4.78 is 2.24. The number of fused-ring (bicyclic) bond motifs is 1. The standard InChI is InChI=1S/C20H21N5O3S/c1-3-5-13(4-2)14-6-7-16-17(8-14)29-19(22-16)9-18(26)21-10-15-11-25(24-23-15)12-20(27)28/h3-8,11H,9-10,12H2,1-2H3,(H,21,26)(H,27,28)/b5-3-,13-4+. The van der Waals surface area contributed by atoms with E-state index in [2.05, 4.69) is 38.8 Å². The van der Waals surface area contributed by atoms with E-state index in [-0.39, 0.29) is 25.4 Å². The maximum atomic E-state index is 12.2. The molecule has 0 aliphatic carbocycles. The largest absolute Gasteiger partial charge is 0.480 e. The first kappa shape index (κ1) is 20.4. The van der Waals surface area contributed by atoms with Crippen LogP contribution in [0.15, 0.2) is 42.6 Å². The van der Waals surface area contributed by atoms with E-state index in [1.165, 1.54) is 22.2 Å². The van der Waals surface area contributed by atoms with E-state index in [4.69, 9.17) is 5.11 Å². The van der Waals surface area contributed by atoms with Gasteiger partial charge in [0.25, 0.3) is 0 Å². The van der Waals surface area contributed by atoms with Crippen LogP contribution in [0.1, 0.15) is 30.1 Å². The molecule has 0 saturated carbocycles. The summed E-state index contributed by atoms with van der Waals surface area (Å²) in [5.41, 5.74) is 3.62. The molecular weight excluding hydrogens is 390 g/mol. The van der Waals surface area contributed by atoms with Crippen molar-refractivity contribution in [1.29, 1.82) is 0 Å². The lowest BCUT2D eigenvalue weighted by Crippen LogP contribution is -2.24. The summed E-state index contributed by atoms with van der Waals surface area (Å²) >= 11 is 1.50. The quantitative estimate of drug-likeness (QED) is 0.552. The van der Waals surface area contributed by atoms with Crippen LogP contribution in [0.2, 0.25) is 0 Å². The summed E-state index contributed by atoms with van der Waals surface area (Å²) in [7, 11) is 0. The number of aliphatic carboxylic acids is 1. The summed E-state index contributed by atoms with van der Waals surface area (Å²) in [6.45, 7) is 3.90. The summed E-state index contributed by atoms with van der Waals surface area (Å²) in [6.07, 6.45) is 7.79. The third-order valence-corrected chi connectivity index (χ3v) is 5.10. The predicted octanol–water partition coefficient (Wildman–Crippen LogP) is 2.81. The Kier molecular flexibility index (Phi) is 6.50. The van der Waals surface area contributed by atoms with E-state index in [0.717, 1.165) is 26.4 Å². The molecule has 3 aromatic rings. The number of carboxylic acids is 1. The van der Waals surface area contributed by atoms with E-state index in [1.807, 2.05) is 32.1 Å². The molecule has 2 N–H and O–H groups in total. The van der Waals surface area contributed by atoms with Gasteiger partial charge in [0.2, 0.25) is 5.91 Å². The number of carbonyl (C=O) groups is 2. The second kappa shape index (κ2) is 9.24. The van der Waals surface area contributed by atoms with E-state index in [9.17, 15) is 9.59 Å². The van der Waals surface area contributed by atoms with Crippen molar-refractivity contribution in [3.05, 3.63) is 58.9 Å². The van der Waals surface area contributed by atoms with Gasteiger partial charge in [-0.3, -0.25) is 9.59 Å².